The van der Waals surface area contributed by atoms with Crippen molar-refractivity contribution < 1.29 is 29.3 Å². The lowest BCUT2D eigenvalue weighted by Crippen LogP contribution is -2.33. The molecule has 360 valence electrons. The molecular weight excluding hydrogens is 931 g/mol. The summed E-state index contributed by atoms with van der Waals surface area (Å²) in [5, 5.41) is 24.9. The van der Waals surface area contributed by atoms with Gasteiger partial charge in [-0.05, 0) is 196 Å². The Labute approximate surface area is 422 Å². The fourth-order valence-electron chi connectivity index (χ4n) is 9.25. The van der Waals surface area contributed by atoms with Gasteiger partial charge < -0.3 is 34.8 Å². The monoisotopic (exact) mass is 989 g/mol. The number of nitrogens with one attached hydrogen (secondary N) is 1. The number of carbonyl (C=O) groups excluding carboxylic acids is 2. The van der Waals surface area contributed by atoms with Crippen LogP contribution in [0.4, 0.5) is 5.69 Å². The fourth-order valence-corrected chi connectivity index (χ4v) is 12.6. The molecule has 12 heteroatoms. The van der Waals surface area contributed by atoms with E-state index < -0.39 is 0 Å². The first-order valence-corrected chi connectivity index (χ1v) is 26.8. The third-order valence-electron chi connectivity index (χ3n) is 13.1. The predicted molar refractivity (Wildman–Crippen MR) is 291 cm³/mol. The summed E-state index contributed by atoms with van der Waals surface area (Å²) in [5.74, 6) is 2.97. The highest BCUT2D eigenvalue weighted by molar-refractivity contribution is 7.99. The van der Waals surface area contributed by atoms with E-state index in [1.807, 2.05) is 121 Å². The van der Waals surface area contributed by atoms with Crippen LogP contribution >= 0.6 is 34.4 Å². The Bertz CT molecular complexity index is 3030. The average Bonchev–Trinajstić information content (AvgIpc) is 3.98. The number of nitrogens with zero attached hydrogens (tertiary/aromatic N) is 2. The van der Waals surface area contributed by atoms with Gasteiger partial charge in [0.1, 0.15) is 23.0 Å². The van der Waals surface area contributed by atoms with Gasteiger partial charge in [0.2, 0.25) is 0 Å². The maximum Gasteiger partial charge on any atom is 0.195 e. The number of thioether (sulfide) groups is 1. The molecule has 2 aromatic heterocycles. The first-order valence-electron chi connectivity index (χ1n) is 24.2. The van der Waals surface area contributed by atoms with Gasteiger partial charge in [0.15, 0.2) is 11.6 Å². The smallest absolute Gasteiger partial charge is 0.195 e. The highest BCUT2D eigenvalue weighted by Crippen LogP contribution is 2.43. The van der Waals surface area contributed by atoms with E-state index in [0.717, 1.165) is 89.2 Å². The molecule has 0 bridgehead atoms. The average molecular weight is 990 g/mol. The Morgan fingerprint density at radius 2 is 1.04 bits per heavy atom. The third kappa shape index (κ3) is 11.7. The Morgan fingerprint density at radius 3 is 1.61 bits per heavy atom. The van der Waals surface area contributed by atoms with Crippen LogP contribution < -0.4 is 14.8 Å². The number of ether oxygens (including phenoxy) is 2. The van der Waals surface area contributed by atoms with Crippen LogP contribution in [-0.4, -0.2) is 97.4 Å². The molecule has 2 aliphatic rings. The van der Waals surface area contributed by atoms with Gasteiger partial charge in [-0.2, -0.15) is 0 Å². The number of carbonyl (C=O) groups is 2. The Hall–Kier alpha value is -6.15. The number of phenols is 2. The number of thiophene rings is 2. The normalized spacial score (nSPS) is 14.3. The molecule has 70 heavy (non-hydrogen) atoms. The van der Waals surface area contributed by atoms with Crippen molar-refractivity contribution in [3.63, 3.8) is 0 Å². The molecule has 8 aromatic rings. The van der Waals surface area contributed by atoms with Crippen LogP contribution in [0.2, 0.25) is 0 Å². The number of aromatic hydroxyl groups is 2. The van der Waals surface area contributed by atoms with E-state index in [4.69, 9.17) is 9.47 Å². The van der Waals surface area contributed by atoms with Crippen LogP contribution in [0, 0.1) is 0 Å². The highest BCUT2D eigenvalue weighted by atomic mass is 32.2. The van der Waals surface area contributed by atoms with Crippen molar-refractivity contribution >= 4 is 71.9 Å². The molecule has 0 radical (unpaired) electrons. The second-order valence-electron chi connectivity index (χ2n) is 17.8. The lowest BCUT2D eigenvalue weighted by Gasteiger charge is -2.26. The number of rotatable bonds is 16. The van der Waals surface area contributed by atoms with E-state index in [-0.39, 0.29) is 23.1 Å². The van der Waals surface area contributed by atoms with Crippen molar-refractivity contribution in [2.75, 3.05) is 71.1 Å². The van der Waals surface area contributed by atoms with Gasteiger partial charge in [0.05, 0.1) is 14.2 Å². The van der Waals surface area contributed by atoms with Crippen molar-refractivity contribution in [3.05, 3.63) is 156 Å². The standard InChI is InChI=1S/C30H32N2O3S.C28H27NO3S2/c1-34-24-12-8-22(9-13-24)30-28(26-15-14-25(35-2)20-27(26)36-30)29(33)21-6-10-23(11-7-21)31-16-19-32-17-4-3-5-18-32;30-21-8-4-20(5-9-21)28-26(24-13-10-22(31)18-25(24)34-28)27(32)19-6-11-23(12-7-19)33-17-16-29-14-2-1-3-15-29/h6-15,20,31H,3-5,16-19H2,1-2H3;4-13,18,30-31H,1-3,14-17H2. The molecule has 0 saturated carbocycles. The Balaban J connectivity index is 0.000000174. The molecule has 2 fully saturated rings. The van der Waals surface area contributed by atoms with E-state index in [9.17, 15) is 19.8 Å². The van der Waals surface area contributed by atoms with Gasteiger partial charge in [-0.25, -0.2) is 0 Å². The van der Waals surface area contributed by atoms with Crippen LogP contribution in [0.5, 0.6) is 23.0 Å². The topological polar surface area (TPSA) is 112 Å². The summed E-state index contributed by atoms with van der Waals surface area (Å²) in [6.07, 6.45) is 7.94. The zero-order valence-electron chi connectivity index (χ0n) is 39.7. The number of hydrogen-bond acceptors (Lipinski definition) is 12. The van der Waals surface area contributed by atoms with Crippen LogP contribution in [0.15, 0.2) is 138 Å². The van der Waals surface area contributed by atoms with E-state index in [1.54, 1.807) is 49.8 Å². The van der Waals surface area contributed by atoms with Gasteiger partial charge >= 0.3 is 0 Å². The summed E-state index contributed by atoms with van der Waals surface area (Å²) in [6.45, 7) is 7.89. The zero-order valence-corrected chi connectivity index (χ0v) is 42.2. The molecule has 0 aliphatic carbocycles. The zero-order chi connectivity index (χ0) is 48.4. The second-order valence-corrected chi connectivity index (χ2v) is 21.0. The minimum Gasteiger partial charge on any atom is -0.508 e. The molecule has 9 nitrogen and oxygen atoms in total. The Morgan fingerprint density at radius 1 is 0.557 bits per heavy atom. The molecule has 3 N–H and O–H groups in total. The molecular formula is C58H59N3O6S3. The number of ketones is 2. The van der Waals surface area contributed by atoms with E-state index >= 15 is 0 Å². The number of piperidine rings is 2. The minimum atomic E-state index is -0.0371. The highest BCUT2D eigenvalue weighted by Gasteiger charge is 2.24. The molecule has 2 saturated heterocycles. The number of benzene rings is 6. The van der Waals surface area contributed by atoms with Gasteiger partial charge in [-0.15, -0.1) is 34.4 Å². The summed E-state index contributed by atoms with van der Waals surface area (Å²) in [6, 6.07) is 41.6. The van der Waals surface area contributed by atoms with E-state index in [0.29, 0.717) is 16.7 Å². The maximum atomic E-state index is 13.8. The largest absolute Gasteiger partial charge is 0.508 e. The van der Waals surface area contributed by atoms with E-state index in [1.165, 1.54) is 80.9 Å². The van der Waals surface area contributed by atoms with Crippen molar-refractivity contribution in [1.82, 2.24) is 9.80 Å². The van der Waals surface area contributed by atoms with Crippen LogP contribution in [-0.2, 0) is 0 Å². The van der Waals surface area contributed by atoms with Gasteiger partial charge in [0.25, 0.3) is 0 Å². The Kier molecular flexibility index (Phi) is 16.2. The molecule has 2 aliphatic heterocycles. The second kappa shape index (κ2) is 23.2. The molecule has 6 aromatic carbocycles. The van der Waals surface area contributed by atoms with Crippen molar-refractivity contribution in [3.8, 4) is 43.9 Å². The van der Waals surface area contributed by atoms with Crippen LogP contribution in [0.25, 0.3) is 41.1 Å². The SMILES string of the molecule is COc1ccc(-c2sc3cc(OC)ccc3c2C(=O)c2ccc(NCCN3CCCCC3)cc2)cc1.O=C(c1ccc(SCCN2CCCCC2)cc1)c1c(-c2ccc(O)cc2)sc2cc(O)ccc12. The summed E-state index contributed by atoms with van der Waals surface area (Å²) >= 11 is 4.92. The molecule has 0 amide bonds. The third-order valence-corrected chi connectivity index (χ3v) is 16.5. The van der Waals surface area contributed by atoms with Crippen LogP contribution in [0.3, 0.4) is 0 Å². The number of hydrogen-bond donors (Lipinski definition) is 3. The maximum absolute atomic E-state index is 13.8. The van der Waals surface area contributed by atoms with Gasteiger partial charge in [-0.3, -0.25) is 9.59 Å². The summed E-state index contributed by atoms with van der Waals surface area (Å²) in [4.78, 5) is 35.6. The summed E-state index contributed by atoms with van der Waals surface area (Å²) in [5.41, 5.74) is 5.60. The quantitative estimate of drug-likeness (QED) is 0.0639. The lowest BCUT2D eigenvalue weighted by atomic mass is 9.97. The molecule has 0 atom stereocenters. The summed E-state index contributed by atoms with van der Waals surface area (Å²) < 4.78 is 12.6. The first kappa shape index (κ1) is 48.9. The number of methoxy groups -OCH3 is 2. The molecule has 0 unspecified atom stereocenters. The van der Waals surface area contributed by atoms with Crippen LogP contribution in [0.1, 0.15) is 70.4 Å². The van der Waals surface area contributed by atoms with Crippen molar-refractivity contribution in [2.24, 2.45) is 0 Å². The minimum absolute atomic E-state index is 0.0251. The number of anilines is 1. The number of likely N-dealkylation sites (tertiary alicyclic amines) is 2. The molecule has 10 rings (SSSR count). The van der Waals surface area contributed by atoms with E-state index in [2.05, 4.69) is 15.1 Å². The first-order chi connectivity index (χ1) is 34.2. The van der Waals surface area contributed by atoms with Gasteiger partial charge in [-0.1, -0.05) is 12.8 Å². The number of phenolic OH excluding ortho intramolecular Hbond substituents is 2. The van der Waals surface area contributed by atoms with Crippen molar-refractivity contribution in [2.45, 2.75) is 43.4 Å². The lowest BCUT2D eigenvalue weighted by molar-refractivity contribution is 0.103. The predicted octanol–water partition coefficient (Wildman–Crippen LogP) is 13.5. The van der Waals surface area contributed by atoms with Crippen molar-refractivity contribution in [1.29, 1.82) is 0 Å². The molecule has 0 spiro atoms. The summed E-state index contributed by atoms with van der Waals surface area (Å²) in [7, 11) is 3.31. The number of fused-ring (bicyclic) bond motifs is 2. The fraction of sp³-hybridized carbons (Fsp3) is 0.276. The molecule has 4 heterocycles. The van der Waals surface area contributed by atoms with Gasteiger partial charge in [0, 0.05) is 88.2 Å².